The van der Waals surface area contributed by atoms with Crippen molar-refractivity contribution in [2.75, 3.05) is 44.7 Å². The minimum Gasteiger partial charge on any atom is -0.343 e. The normalized spacial score (nSPS) is 21.0. The minimum absolute atomic E-state index is 0. The maximum atomic E-state index is 12.6. The number of hydrogen-bond acceptors (Lipinski definition) is 5. The molecule has 1 unspecified atom stereocenters. The van der Waals surface area contributed by atoms with Crippen molar-refractivity contribution < 1.29 is 4.79 Å². The lowest BCUT2D eigenvalue weighted by atomic mass is 10.0. The van der Waals surface area contributed by atoms with Crippen LogP contribution in [0.4, 0.5) is 0 Å². The molecule has 3 heterocycles. The van der Waals surface area contributed by atoms with E-state index in [1.54, 1.807) is 0 Å². The van der Waals surface area contributed by atoms with Crippen LogP contribution in [0.2, 0.25) is 0 Å². The first-order valence-corrected chi connectivity index (χ1v) is 10.6. The molecule has 1 atom stereocenters. The maximum Gasteiger partial charge on any atom is 0.224 e. The zero-order valence-corrected chi connectivity index (χ0v) is 18.5. The van der Waals surface area contributed by atoms with Crippen LogP contribution in [0.3, 0.4) is 0 Å². The molecule has 5 nitrogen and oxygen atoms in total. The lowest BCUT2D eigenvalue weighted by molar-refractivity contribution is -0.133. The van der Waals surface area contributed by atoms with Crippen LogP contribution in [0.15, 0.2) is 24.4 Å². The van der Waals surface area contributed by atoms with Gasteiger partial charge in [-0.05, 0) is 25.0 Å². The molecule has 2 aliphatic heterocycles. The van der Waals surface area contributed by atoms with Crippen molar-refractivity contribution in [1.29, 1.82) is 0 Å². The summed E-state index contributed by atoms with van der Waals surface area (Å²) >= 11 is 1.95. The van der Waals surface area contributed by atoms with E-state index in [9.17, 15) is 4.79 Å². The standard InChI is InChI=1S/C19H30N4OS.2ClH/c1-22(19(24)14-17-15-25-13-9-21-17)18-6-11-23(12-7-18)10-5-16-4-2-3-8-20-16;;/h2-4,8,17-18,21H,5-7,9-15H2,1H3;2*1H. The second-order valence-corrected chi connectivity index (χ2v) is 8.23. The van der Waals surface area contributed by atoms with Crippen LogP contribution in [-0.4, -0.2) is 77.5 Å². The van der Waals surface area contributed by atoms with E-state index in [0.717, 1.165) is 62.6 Å². The third-order valence-corrected chi connectivity index (χ3v) is 6.46. The fourth-order valence-corrected chi connectivity index (χ4v) is 4.61. The van der Waals surface area contributed by atoms with Crippen LogP contribution in [-0.2, 0) is 11.2 Å². The van der Waals surface area contributed by atoms with Crippen LogP contribution in [0.5, 0.6) is 0 Å². The topological polar surface area (TPSA) is 48.5 Å². The van der Waals surface area contributed by atoms with Gasteiger partial charge in [0.25, 0.3) is 0 Å². The van der Waals surface area contributed by atoms with Gasteiger partial charge in [0.05, 0.1) is 0 Å². The fraction of sp³-hybridized carbons (Fsp3) is 0.684. The molecule has 0 spiro atoms. The van der Waals surface area contributed by atoms with Gasteiger partial charge in [-0.15, -0.1) is 24.8 Å². The molecule has 1 amide bonds. The van der Waals surface area contributed by atoms with Gasteiger partial charge in [0.1, 0.15) is 0 Å². The van der Waals surface area contributed by atoms with Crippen LogP contribution >= 0.6 is 36.6 Å². The van der Waals surface area contributed by atoms with E-state index in [4.69, 9.17) is 0 Å². The summed E-state index contributed by atoms with van der Waals surface area (Å²) < 4.78 is 0. The highest BCUT2D eigenvalue weighted by molar-refractivity contribution is 7.99. The minimum atomic E-state index is 0. The van der Waals surface area contributed by atoms with E-state index in [0.29, 0.717) is 24.4 Å². The molecular formula is C19H32Cl2N4OS. The van der Waals surface area contributed by atoms with Crippen molar-refractivity contribution in [1.82, 2.24) is 20.1 Å². The number of rotatable bonds is 6. The highest BCUT2D eigenvalue weighted by Crippen LogP contribution is 2.18. The van der Waals surface area contributed by atoms with Gasteiger partial charge in [0.2, 0.25) is 5.91 Å². The summed E-state index contributed by atoms with van der Waals surface area (Å²) in [5.41, 5.74) is 1.16. The summed E-state index contributed by atoms with van der Waals surface area (Å²) in [6, 6.07) is 6.86. The molecule has 27 heavy (non-hydrogen) atoms. The Morgan fingerprint density at radius 3 is 2.74 bits per heavy atom. The summed E-state index contributed by atoms with van der Waals surface area (Å²) in [7, 11) is 1.99. The van der Waals surface area contributed by atoms with E-state index in [1.165, 1.54) is 0 Å². The van der Waals surface area contributed by atoms with Gasteiger partial charge in [0.15, 0.2) is 0 Å². The fourth-order valence-electron chi connectivity index (χ4n) is 3.66. The number of nitrogens with one attached hydrogen (secondary N) is 1. The number of halogens is 2. The van der Waals surface area contributed by atoms with Crippen LogP contribution in [0.1, 0.15) is 25.0 Å². The molecule has 1 aromatic rings. The van der Waals surface area contributed by atoms with Crippen LogP contribution in [0, 0.1) is 0 Å². The van der Waals surface area contributed by atoms with Gasteiger partial charge >= 0.3 is 0 Å². The molecule has 2 aliphatic rings. The van der Waals surface area contributed by atoms with Crippen molar-refractivity contribution in [3.8, 4) is 0 Å². The Balaban J connectivity index is 0.00000182. The molecule has 1 N–H and O–H groups in total. The average Bonchev–Trinajstić information content (AvgIpc) is 2.68. The van der Waals surface area contributed by atoms with Gasteiger partial charge in [-0.2, -0.15) is 11.8 Å². The number of carbonyl (C=O) groups is 1. The smallest absolute Gasteiger partial charge is 0.224 e. The van der Waals surface area contributed by atoms with Crippen LogP contribution < -0.4 is 5.32 Å². The quantitative estimate of drug-likeness (QED) is 0.744. The van der Waals surface area contributed by atoms with E-state index < -0.39 is 0 Å². The second-order valence-electron chi connectivity index (χ2n) is 7.08. The second kappa shape index (κ2) is 12.8. The summed E-state index contributed by atoms with van der Waals surface area (Å²) in [4.78, 5) is 21.5. The lowest BCUT2D eigenvalue weighted by Gasteiger charge is -2.37. The third-order valence-electron chi connectivity index (χ3n) is 5.33. The molecule has 8 heteroatoms. The molecule has 3 rings (SSSR count). The van der Waals surface area contributed by atoms with Crippen molar-refractivity contribution in [3.63, 3.8) is 0 Å². The van der Waals surface area contributed by atoms with E-state index >= 15 is 0 Å². The number of pyridine rings is 1. The summed E-state index contributed by atoms with van der Waals surface area (Å²) in [6.07, 6.45) is 5.67. The Labute approximate surface area is 179 Å². The Hall–Kier alpha value is -0.530. The molecule has 0 aliphatic carbocycles. The largest absolute Gasteiger partial charge is 0.343 e. The predicted molar refractivity (Wildman–Crippen MR) is 118 cm³/mol. The molecule has 2 fully saturated rings. The Kier molecular flexibility index (Phi) is 11.7. The first-order valence-electron chi connectivity index (χ1n) is 9.41. The Bertz CT molecular complexity index is 538. The SMILES string of the molecule is CN(C(=O)CC1CSCCN1)C1CCN(CCc2ccccn2)CC1.Cl.Cl. The van der Waals surface area contributed by atoms with Crippen molar-refractivity contribution >= 4 is 42.5 Å². The van der Waals surface area contributed by atoms with Gasteiger partial charge < -0.3 is 15.1 Å². The Morgan fingerprint density at radius 1 is 1.33 bits per heavy atom. The number of carbonyl (C=O) groups excluding carboxylic acids is 1. The van der Waals surface area contributed by atoms with Gasteiger partial charge in [-0.1, -0.05) is 6.07 Å². The molecule has 0 radical (unpaired) electrons. The summed E-state index contributed by atoms with van der Waals surface area (Å²) in [6.45, 7) is 4.24. The first-order chi connectivity index (χ1) is 12.2. The summed E-state index contributed by atoms with van der Waals surface area (Å²) in [5.74, 6) is 2.52. The van der Waals surface area contributed by atoms with E-state index in [2.05, 4.69) is 27.3 Å². The van der Waals surface area contributed by atoms with Gasteiger partial charge in [-0.3, -0.25) is 9.78 Å². The zero-order valence-electron chi connectivity index (χ0n) is 16.0. The van der Waals surface area contributed by atoms with Crippen molar-refractivity contribution in [3.05, 3.63) is 30.1 Å². The monoisotopic (exact) mass is 434 g/mol. The molecule has 0 bridgehead atoms. The molecule has 0 aromatic carbocycles. The number of aromatic nitrogens is 1. The average molecular weight is 435 g/mol. The Morgan fingerprint density at radius 2 is 2.11 bits per heavy atom. The number of nitrogens with zero attached hydrogens (tertiary/aromatic N) is 3. The predicted octanol–water partition coefficient (Wildman–Crippen LogP) is 2.49. The van der Waals surface area contributed by atoms with Gasteiger partial charge in [-0.25, -0.2) is 0 Å². The number of likely N-dealkylation sites (tertiary alicyclic amines) is 1. The number of amides is 1. The van der Waals surface area contributed by atoms with Crippen molar-refractivity contribution in [2.24, 2.45) is 0 Å². The summed E-state index contributed by atoms with van der Waals surface area (Å²) in [5, 5.41) is 3.46. The lowest BCUT2D eigenvalue weighted by Crippen LogP contribution is -2.48. The molecular weight excluding hydrogens is 403 g/mol. The highest BCUT2D eigenvalue weighted by atomic mass is 35.5. The molecule has 154 valence electrons. The first kappa shape index (κ1) is 24.5. The number of hydrogen-bond donors (Lipinski definition) is 1. The zero-order chi connectivity index (χ0) is 17.5. The third kappa shape index (κ3) is 7.78. The van der Waals surface area contributed by atoms with Crippen LogP contribution in [0.25, 0.3) is 0 Å². The number of piperidine rings is 1. The van der Waals surface area contributed by atoms with E-state index in [-0.39, 0.29) is 24.8 Å². The van der Waals surface area contributed by atoms with Crippen molar-refractivity contribution in [2.45, 2.75) is 37.8 Å². The highest BCUT2D eigenvalue weighted by Gasteiger charge is 2.27. The molecule has 2 saturated heterocycles. The number of thioether (sulfide) groups is 1. The van der Waals surface area contributed by atoms with Gasteiger partial charge in [0, 0.05) is 81.5 Å². The molecule has 0 saturated carbocycles. The van der Waals surface area contributed by atoms with E-state index in [1.807, 2.05) is 36.0 Å². The molecule has 1 aromatic heterocycles. The maximum absolute atomic E-state index is 12.6.